The van der Waals surface area contributed by atoms with Crippen LogP contribution in [0, 0.1) is 17.3 Å². The third-order valence-electron chi connectivity index (χ3n) is 4.19. The van der Waals surface area contributed by atoms with Gasteiger partial charge in [0, 0.05) is 19.1 Å². The van der Waals surface area contributed by atoms with E-state index < -0.39 is 4.33 Å². The van der Waals surface area contributed by atoms with Gasteiger partial charge in [0.25, 0.3) is 0 Å². The molecule has 1 saturated carbocycles. The number of ether oxygens (including phenoxy) is 1. The molecule has 0 heterocycles. The van der Waals surface area contributed by atoms with E-state index in [1.807, 2.05) is 27.7 Å². The number of nitrogens with two attached hydrogens (primary N) is 1. The fourth-order valence-electron chi connectivity index (χ4n) is 2.90. The highest BCUT2D eigenvalue weighted by molar-refractivity contribution is 6.50. The molecular weight excluding hydrogens is 311 g/mol. The van der Waals surface area contributed by atoms with E-state index in [4.69, 9.17) is 33.7 Å². The second kappa shape index (κ2) is 7.03. The average molecular weight is 339 g/mol. The molecule has 1 aliphatic rings. The zero-order chi connectivity index (χ0) is 16.4. The summed E-state index contributed by atoms with van der Waals surface area (Å²) in [5.74, 6) is -0.181. The second-order valence-corrected chi connectivity index (χ2v) is 8.61. The number of amides is 1. The molecule has 1 fully saturated rings. The standard InChI is InChI=1S/C15H28Cl2N2O2/c1-9(10-8-15(10,16)17)19-13(20)12(14(2,3)4)11(21-5)6-7-18/h9-12H,6-8,18H2,1-5H3,(H,19,20)/t9-,10-,11-,12?/m1/s1. The van der Waals surface area contributed by atoms with Crippen molar-refractivity contribution in [2.75, 3.05) is 13.7 Å². The summed E-state index contributed by atoms with van der Waals surface area (Å²) < 4.78 is 4.81. The highest BCUT2D eigenvalue weighted by atomic mass is 35.5. The summed E-state index contributed by atoms with van der Waals surface area (Å²) in [7, 11) is 1.62. The van der Waals surface area contributed by atoms with Crippen LogP contribution in [0.3, 0.4) is 0 Å². The largest absolute Gasteiger partial charge is 0.381 e. The Labute approximate surface area is 138 Å². The molecule has 1 rings (SSSR count). The first-order valence-electron chi connectivity index (χ1n) is 7.45. The van der Waals surface area contributed by atoms with Gasteiger partial charge in [0.1, 0.15) is 4.33 Å². The minimum absolute atomic E-state index is 0.0219. The van der Waals surface area contributed by atoms with Crippen molar-refractivity contribution < 1.29 is 9.53 Å². The first kappa shape index (κ1) is 19.0. The lowest BCUT2D eigenvalue weighted by Gasteiger charge is -2.36. The van der Waals surface area contributed by atoms with Crippen molar-refractivity contribution in [3.8, 4) is 0 Å². The summed E-state index contributed by atoms with van der Waals surface area (Å²) in [6.45, 7) is 8.54. The van der Waals surface area contributed by atoms with Crippen LogP contribution < -0.4 is 11.1 Å². The minimum atomic E-state index is -0.693. The second-order valence-electron chi connectivity index (χ2n) is 7.06. The van der Waals surface area contributed by atoms with Crippen molar-refractivity contribution >= 4 is 29.1 Å². The molecule has 0 aromatic rings. The van der Waals surface area contributed by atoms with E-state index in [1.54, 1.807) is 7.11 Å². The van der Waals surface area contributed by atoms with Gasteiger partial charge in [-0.3, -0.25) is 4.79 Å². The molecule has 0 aliphatic heterocycles. The number of hydrogen-bond acceptors (Lipinski definition) is 3. The number of hydrogen-bond donors (Lipinski definition) is 2. The van der Waals surface area contributed by atoms with E-state index in [1.165, 1.54) is 0 Å². The Hall–Kier alpha value is -0.0300. The molecule has 0 bridgehead atoms. The highest BCUT2D eigenvalue weighted by Gasteiger charge is 2.55. The van der Waals surface area contributed by atoms with Gasteiger partial charge in [-0.15, -0.1) is 23.2 Å². The van der Waals surface area contributed by atoms with E-state index in [0.717, 1.165) is 0 Å². The Morgan fingerprint density at radius 3 is 2.33 bits per heavy atom. The van der Waals surface area contributed by atoms with Gasteiger partial charge in [-0.05, 0) is 31.7 Å². The van der Waals surface area contributed by atoms with Crippen LogP contribution in [0.2, 0.25) is 0 Å². The maximum atomic E-state index is 12.7. The number of rotatable bonds is 7. The van der Waals surface area contributed by atoms with Crippen LogP contribution >= 0.6 is 23.2 Å². The van der Waals surface area contributed by atoms with Crippen molar-refractivity contribution in [3.63, 3.8) is 0 Å². The summed E-state index contributed by atoms with van der Waals surface area (Å²) in [6, 6.07) is -0.0484. The number of halogens is 2. The van der Waals surface area contributed by atoms with Gasteiger partial charge in [0.05, 0.1) is 12.0 Å². The van der Waals surface area contributed by atoms with Crippen molar-refractivity contribution in [2.24, 2.45) is 23.0 Å². The molecule has 1 aliphatic carbocycles. The fraction of sp³-hybridized carbons (Fsp3) is 0.933. The van der Waals surface area contributed by atoms with Gasteiger partial charge in [0.2, 0.25) is 5.91 Å². The van der Waals surface area contributed by atoms with E-state index in [9.17, 15) is 4.79 Å². The zero-order valence-electron chi connectivity index (χ0n) is 13.6. The predicted octanol–water partition coefficient (Wildman–Crippen LogP) is 2.71. The van der Waals surface area contributed by atoms with E-state index in [0.29, 0.717) is 19.4 Å². The molecule has 4 nitrogen and oxygen atoms in total. The summed E-state index contributed by atoms with van der Waals surface area (Å²) >= 11 is 12.1. The number of nitrogens with one attached hydrogen (secondary N) is 1. The molecule has 0 saturated heterocycles. The molecule has 124 valence electrons. The SMILES string of the molecule is CO[C@H](CCN)C(C(=O)N[C@H](C)[C@H]1CC1(Cl)Cl)C(C)(C)C. The van der Waals surface area contributed by atoms with Crippen LogP contribution in [0.15, 0.2) is 0 Å². The minimum Gasteiger partial charge on any atom is -0.381 e. The Morgan fingerprint density at radius 1 is 1.48 bits per heavy atom. The predicted molar refractivity (Wildman–Crippen MR) is 87.6 cm³/mol. The smallest absolute Gasteiger partial charge is 0.226 e. The molecular formula is C15H28Cl2N2O2. The van der Waals surface area contributed by atoms with Crippen molar-refractivity contribution in [1.29, 1.82) is 0 Å². The van der Waals surface area contributed by atoms with Gasteiger partial charge in [0.15, 0.2) is 0 Å². The number of carbonyl (C=O) groups is 1. The summed E-state index contributed by atoms with van der Waals surface area (Å²) in [4.78, 5) is 12.7. The third-order valence-corrected chi connectivity index (χ3v) is 5.06. The van der Waals surface area contributed by atoms with Crippen molar-refractivity contribution in [3.05, 3.63) is 0 Å². The third kappa shape index (κ3) is 4.98. The number of carbonyl (C=O) groups excluding carboxylic acids is 1. The van der Waals surface area contributed by atoms with Gasteiger partial charge in [-0.1, -0.05) is 20.8 Å². The molecule has 6 heteroatoms. The lowest BCUT2D eigenvalue weighted by molar-refractivity contribution is -0.136. The summed E-state index contributed by atoms with van der Waals surface area (Å²) in [6.07, 6.45) is 1.17. The van der Waals surface area contributed by atoms with Crippen LogP contribution in [0.4, 0.5) is 0 Å². The van der Waals surface area contributed by atoms with E-state index >= 15 is 0 Å². The van der Waals surface area contributed by atoms with Crippen LogP contribution in [-0.4, -0.2) is 36.0 Å². The molecule has 0 aromatic heterocycles. The quantitative estimate of drug-likeness (QED) is 0.701. The van der Waals surface area contributed by atoms with Crippen molar-refractivity contribution in [2.45, 2.75) is 57.0 Å². The van der Waals surface area contributed by atoms with Crippen LogP contribution in [-0.2, 0) is 9.53 Å². The normalized spacial score (nSPS) is 25.0. The Kier molecular flexibility index (Phi) is 6.37. The van der Waals surface area contributed by atoms with Gasteiger partial charge in [-0.2, -0.15) is 0 Å². The Morgan fingerprint density at radius 2 is 2.00 bits per heavy atom. The monoisotopic (exact) mass is 338 g/mol. The average Bonchev–Trinajstić information content (AvgIpc) is 2.96. The first-order chi connectivity index (χ1) is 9.54. The summed E-state index contributed by atoms with van der Waals surface area (Å²) in [5, 5.41) is 3.05. The molecule has 21 heavy (non-hydrogen) atoms. The maximum Gasteiger partial charge on any atom is 0.226 e. The van der Waals surface area contributed by atoms with Gasteiger partial charge < -0.3 is 15.8 Å². The van der Waals surface area contributed by atoms with Gasteiger partial charge >= 0.3 is 0 Å². The van der Waals surface area contributed by atoms with Crippen molar-refractivity contribution in [1.82, 2.24) is 5.32 Å². The Balaban J connectivity index is 2.76. The van der Waals surface area contributed by atoms with E-state index in [-0.39, 0.29) is 35.3 Å². The number of methoxy groups -OCH3 is 1. The summed E-state index contributed by atoms with van der Waals surface area (Å²) in [5.41, 5.74) is 5.41. The molecule has 3 N–H and O–H groups in total. The lowest BCUT2D eigenvalue weighted by Crippen LogP contribution is -2.49. The van der Waals surface area contributed by atoms with E-state index in [2.05, 4.69) is 5.32 Å². The van der Waals surface area contributed by atoms with Crippen LogP contribution in [0.1, 0.15) is 40.5 Å². The maximum absolute atomic E-state index is 12.7. The van der Waals surface area contributed by atoms with Crippen LogP contribution in [0.5, 0.6) is 0 Å². The molecule has 1 amide bonds. The molecule has 4 atom stereocenters. The lowest BCUT2D eigenvalue weighted by atomic mass is 9.75. The Bertz CT molecular complexity index is 369. The first-order valence-corrected chi connectivity index (χ1v) is 8.21. The van der Waals surface area contributed by atoms with Gasteiger partial charge in [-0.25, -0.2) is 0 Å². The number of alkyl halides is 2. The fourth-order valence-corrected chi connectivity index (χ4v) is 3.61. The topological polar surface area (TPSA) is 64.3 Å². The zero-order valence-corrected chi connectivity index (χ0v) is 15.1. The molecule has 0 aromatic carbocycles. The highest BCUT2D eigenvalue weighted by Crippen LogP contribution is 2.54. The molecule has 0 spiro atoms. The van der Waals surface area contributed by atoms with Crippen LogP contribution in [0.25, 0.3) is 0 Å². The molecule has 0 radical (unpaired) electrons. The molecule has 1 unspecified atom stereocenters.